The van der Waals surface area contributed by atoms with E-state index in [0.29, 0.717) is 0 Å². The standard InChI is InChI=1S/C17H30BFO2/c1-15(2,11-13-9-7-8-10-13)12-14(19)18-20-16(3,4)17(5,6)21-18/h12-13H,7-11H2,1-6H3. The van der Waals surface area contributed by atoms with E-state index in [0.717, 1.165) is 12.3 Å². The Balaban J connectivity index is 2.03. The fraction of sp³-hybridized carbons (Fsp3) is 0.882. The van der Waals surface area contributed by atoms with E-state index >= 15 is 0 Å². The summed E-state index contributed by atoms with van der Waals surface area (Å²) in [5.41, 5.74) is -1.41. The van der Waals surface area contributed by atoms with Crippen molar-refractivity contribution in [2.75, 3.05) is 0 Å². The molecular weight excluding hydrogens is 266 g/mol. The molecule has 0 N–H and O–H groups in total. The van der Waals surface area contributed by atoms with Gasteiger partial charge in [-0.05, 0) is 45.4 Å². The molecule has 1 saturated heterocycles. The van der Waals surface area contributed by atoms with Gasteiger partial charge in [-0.15, -0.1) is 0 Å². The van der Waals surface area contributed by atoms with Crippen molar-refractivity contribution in [3.63, 3.8) is 0 Å². The molecule has 0 aromatic heterocycles. The van der Waals surface area contributed by atoms with E-state index in [1.165, 1.54) is 25.7 Å². The summed E-state index contributed by atoms with van der Waals surface area (Å²) in [5.74, 6) is 0.738. The highest BCUT2D eigenvalue weighted by Crippen LogP contribution is 2.41. The molecule has 0 bridgehead atoms. The molecule has 0 radical (unpaired) electrons. The second-order valence-corrected chi connectivity index (χ2v) is 8.46. The number of rotatable bonds is 4. The lowest BCUT2D eigenvalue weighted by Crippen LogP contribution is -2.41. The van der Waals surface area contributed by atoms with Gasteiger partial charge in [-0.3, -0.25) is 0 Å². The predicted octanol–water partition coefficient (Wildman–Crippen LogP) is 5.08. The van der Waals surface area contributed by atoms with Crippen LogP contribution >= 0.6 is 0 Å². The van der Waals surface area contributed by atoms with Crippen molar-refractivity contribution in [3.8, 4) is 0 Å². The highest BCUT2D eigenvalue weighted by molar-refractivity contribution is 6.53. The van der Waals surface area contributed by atoms with E-state index in [1.54, 1.807) is 6.08 Å². The first-order valence-corrected chi connectivity index (χ1v) is 8.26. The predicted molar refractivity (Wildman–Crippen MR) is 85.6 cm³/mol. The van der Waals surface area contributed by atoms with Crippen molar-refractivity contribution < 1.29 is 13.7 Å². The number of allylic oxidation sites excluding steroid dienone is 1. The first-order valence-electron chi connectivity index (χ1n) is 8.26. The summed E-state index contributed by atoms with van der Waals surface area (Å²) < 4.78 is 26.1. The van der Waals surface area contributed by atoms with Gasteiger partial charge < -0.3 is 9.31 Å². The van der Waals surface area contributed by atoms with Crippen molar-refractivity contribution in [1.82, 2.24) is 0 Å². The van der Waals surface area contributed by atoms with Crippen LogP contribution in [0.1, 0.15) is 73.6 Å². The maximum atomic E-state index is 14.6. The van der Waals surface area contributed by atoms with Crippen LogP contribution in [-0.4, -0.2) is 18.3 Å². The van der Waals surface area contributed by atoms with Crippen LogP contribution in [0.5, 0.6) is 0 Å². The summed E-state index contributed by atoms with van der Waals surface area (Å²) in [6, 6.07) is 0. The molecule has 0 aromatic carbocycles. The van der Waals surface area contributed by atoms with Gasteiger partial charge in [-0.2, -0.15) is 0 Å². The summed E-state index contributed by atoms with van der Waals surface area (Å²) in [5, 5.41) is 0. The quantitative estimate of drug-likeness (QED) is 0.674. The third-order valence-electron chi connectivity index (χ3n) is 5.30. The average Bonchev–Trinajstić information content (AvgIpc) is 2.84. The summed E-state index contributed by atoms with van der Waals surface area (Å²) in [7, 11) is -0.863. The zero-order valence-corrected chi connectivity index (χ0v) is 14.5. The van der Waals surface area contributed by atoms with E-state index in [2.05, 4.69) is 13.8 Å². The van der Waals surface area contributed by atoms with Crippen LogP contribution in [0.4, 0.5) is 4.39 Å². The molecule has 0 spiro atoms. The largest absolute Gasteiger partial charge is 0.524 e. The van der Waals surface area contributed by atoms with E-state index in [9.17, 15) is 4.39 Å². The van der Waals surface area contributed by atoms with Crippen LogP contribution in [0.15, 0.2) is 11.8 Å². The summed E-state index contributed by atoms with van der Waals surface area (Å²) in [6.45, 7) is 12.0. The molecule has 4 heteroatoms. The van der Waals surface area contributed by atoms with Crippen molar-refractivity contribution in [3.05, 3.63) is 11.8 Å². The molecule has 1 aliphatic carbocycles. The number of halogens is 1. The number of hydrogen-bond donors (Lipinski definition) is 0. The Bertz CT molecular complexity index is 393. The molecule has 2 aliphatic rings. The van der Waals surface area contributed by atoms with Gasteiger partial charge in [-0.25, -0.2) is 4.39 Å². The fourth-order valence-electron chi connectivity index (χ4n) is 3.41. The van der Waals surface area contributed by atoms with Crippen molar-refractivity contribution in [2.45, 2.75) is 84.8 Å². The smallest absolute Gasteiger partial charge is 0.398 e. The summed E-state index contributed by atoms with van der Waals surface area (Å²) in [6.07, 6.45) is 7.98. The van der Waals surface area contributed by atoms with Crippen molar-refractivity contribution in [2.24, 2.45) is 11.3 Å². The van der Waals surface area contributed by atoms with Crippen molar-refractivity contribution in [1.29, 1.82) is 0 Å². The molecule has 0 amide bonds. The summed E-state index contributed by atoms with van der Waals surface area (Å²) in [4.78, 5) is 0. The second kappa shape index (κ2) is 5.70. The van der Waals surface area contributed by atoms with Crippen LogP contribution < -0.4 is 0 Å². The molecule has 2 fully saturated rings. The minimum atomic E-state index is -0.863. The van der Waals surface area contributed by atoms with E-state index in [-0.39, 0.29) is 11.1 Å². The van der Waals surface area contributed by atoms with Crippen molar-refractivity contribution >= 4 is 7.12 Å². The Morgan fingerprint density at radius 3 is 2.10 bits per heavy atom. The zero-order valence-electron chi connectivity index (χ0n) is 14.5. The second-order valence-electron chi connectivity index (χ2n) is 8.46. The van der Waals surface area contributed by atoms with Gasteiger partial charge in [0, 0.05) is 0 Å². The third kappa shape index (κ3) is 3.90. The Hall–Kier alpha value is -0.345. The van der Waals surface area contributed by atoms with Gasteiger partial charge in [0.1, 0.15) is 5.73 Å². The Morgan fingerprint density at radius 1 is 1.14 bits per heavy atom. The van der Waals surface area contributed by atoms with Gasteiger partial charge >= 0.3 is 7.12 Å². The molecule has 2 rings (SSSR count). The Morgan fingerprint density at radius 2 is 1.62 bits per heavy atom. The first-order chi connectivity index (χ1) is 9.52. The Kier molecular flexibility index (Phi) is 4.61. The lowest BCUT2D eigenvalue weighted by molar-refractivity contribution is 0.00578. The average molecular weight is 296 g/mol. The SMILES string of the molecule is CC(C)(C=C(F)B1OC(C)(C)C(C)(C)O1)CC1CCCC1. The van der Waals surface area contributed by atoms with E-state index < -0.39 is 18.3 Å². The van der Waals surface area contributed by atoms with Gasteiger partial charge in [0.25, 0.3) is 0 Å². The lowest BCUT2D eigenvalue weighted by atomic mass is 9.77. The monoisotopic (exact) mass is 296 g/mol. The van der Waals surface area contributed by atoms with Gasteiger partial charge in [0.2, 0.25) is 0 Å². The summed E-state index contributed by atoms with van der Waals surface area (Å²) >= 11 is 0. The molecule has 0 unspecified atom stereocenters. The lowest BCUT2D eigenvalue weighted by Gasteiger charge is -2.32. The minimum Gasteiger partial charge on any atom is -0.398 e. The topological polar surface area (TPSA) is 18.5 Å². The molecule has 1 aliphatic heterocycles. The molecule has 0 atom stereocenters. The molecule has 0 aromatic rings. The maximum absolute atomic E-state index is 14.6. The molecule has 1 heterocycles. The van der Waals surface area contributed by atoms with Gasteiger partial charge in [-0.1, -0.05) is 45.6 Å². The molecule has 21 heavy (non-hydrogen) atoms. The number of hydrogen-bond acceptors (Lipinski definition) is 2. The van der Waals surface area contributed by atoms with Gasteiger partial charge in [0.05, 0.1) is 11.2 Å². The third-order valence-corrected chi connectivity index (χ3v) is 5.30. The maximum Gasteiger partial charge on any atom is 0.524 e. The minimum absolute atomic E-state index is 0.150. The van der Waals surface area contributed by atoms with Crippen LogP contribution in [0, 0.1) is 11.3 Å². The van der Waals surface area contributed by atoms with Crippen LogP contribution in [0.2, 0.25) is 0 Å². The molecule has 120 valence electrons. The molecule has 2 nitrogen and oxygen atoms in total. The fourth-order valence-corrected chi connectivity index (χ4v) is 3.41. The molecular formula is C17H30BFO2. The normalized spacial score (nSPS) is 26.6. The van der Waals surface area contributed by atoms with Gasteiger partial charge in [0.15, 0.2) is 0 Å². The molecule has 1 saturated carbocycles. The van der Waals surface area contributed by atoms with E-state index in [1.807, 2.05) is 27.7 Å². The van der Waals surface area contributed by atoms with E-state index in [4.69, 9.17) is 9.31 Å². The van der Waals surface area contributed by atoms with Crippen LogP contribution in [0.3, 0.4) is 0 Å². The van der Waals surface area contributed by atoms with Crippen LogP contribution in [-0.2, 0) is 9.31 Å². The Labute approximate surface area is 129 Å². The highest BCUT2D eigenvalue weighted by Gasteiger charge is 2.53. The first kappa shape index (κ1) is 17.0. The van der Waals surface area contributed by atoms with Crippen LogP contribution in [0.25, 0.3) is 0 Å². The zero-order chi connectivity index (χ0) is 15.9. The highest BCUT2D eigenvalue weighted by atomic mass is 19.1.